The van der Waals surface area contributed by atoms with Gasteiger partial charge in [0, 0.05) is 12.5 Å². The number of carbonyl (C=O) groups excluding carboxylic acids is 2. The second-order valence-electron chi connectivity index (χ2n) is 12.0. The quantitative estimate of drug-likeness (QED) is 0.527. The molecule has 2 saturated carbocycles. The van der Waals surface area contributed by atoms with Crippen molar-refractivity contribution in [2.45, 2.75) is 75.6 Å². The second kappa shape index (κ2) is 10.2. The van der Waals surface area contributed by atoms with Gasteiger partial charge in [0.05, 0.1) is 16.7 Å². The van der Waals surface area contributed by atoms with E-state index < -0.39 is 45.3 Å². The summed E-state index contributed by atoms with van der Waals surface area (Å²) in [6, 6.07) is 11.2. The Morgan fingerprint density at radius 1 is 1.10 bits per heavy atom. The maximum Gasteiger partial charge on any atom is 0.411 e. The minimum Gasteiger partial charge on any atom is -0.444 e. The summed E-state index contributed by atoms with van der Waals surface area (Å²) in [5, 5.41) is 12.5. The largest absolute Gasteiger partial charge is 0.444 e. The lowest BCUT2D eigenvalue weighted by atomic mass is 9.95. The van der Waals surface area contributed by atoms with Gasteiger partial charge in [0.1, 0.15) is 23.5 Å². The number of nitrogens with zero attached hydrogens (tertiary/aromatic N) is 2. The number of ether oxygens (including phenoxy) is 1. The monoisotopic (exact) mass is 567 g/mol. The third-order valence-corrected chi connectivity index (χ3v) is 10.0. The molecule has 6 atom stereocenters. The third-order valence-electron chi connectivity index (χ3n) is 8.26. The van der Waals surface area contributed by atoms with Crippen molar-refractivity contribution >= 4 is 21.8 Å². The second-order valence-corrected chi connectivity index (χ2v) is 14.3. The molecule has 40 heavy (non-hydrogen) atoms. The molecular weight excluding hydrogens is 533 g/mol. The molecule has 1 N–H and O–H groups in total. The summed E-state index contributed by atoms with van der Waals surface area (Å²) in [5.74, 6) is -0.0809. The van der Waals surface area contributed by atoms with Crippen molar-refractivity contribution < 1.29 is 27.1 Å². The minimum atomic E-state index is -3.33. The van der Waals surface area contributed by atoms with Gasteiger partial charge in [0.15, 0.2) is 9.84 Å². The molecule has 10 heteroatoms. The number of benzene rings is 2. The number of piperidine rings is 1. The van der Waals surface area contributed by atoms with Crippen LogP contribution >= 0.6 is 0 Å². The zero-order valence-electron chi connectivity index (χ0n) is 23.1. The Labute approximate surface area is 234 Å². The van der Waals surface area contributed by atoms with E-state index in [1.165, 1.54) is 18.2 Å². The number of halogens is 1. The van der Waals surface area contributed by atoms with Gasteiger partial charge in [-0.1, -0.05) is 31.2 Å². The van der Waals surface area contributed by atoms with Crippen molar-refractivity contribution in [1.29, 1.82) is 5.26 Å². The van der Waals surface area contributed by atoms with E-state index in [1.54, 1.807) is 56.9 Å². The molecule has 1 aliphatic heterocycles. The highest BCUT2D eigenvalue weighted by Crippen LogP contribution is 2.63. The number of hydrogen-bond acceptors (Lipinski definition) is 6. The Morgan fingerprint density at radius 2 is 1.77 bits per heavy atom. The first-order chi connectivity index (χ1) is 18.8. The van der Waals surface area contributed by atoms with Crippen LogP contribution in [0.3, 0.4) is 0 Å². The van der Waals surface area contributed by atoms with E-state index in [-0.39, 0.29) is 34.6 Å². The Hall–Kier alpha value is -3.45. The molecule has 1 heterocycles. The summed E-state index contributed by atoms with van der Waals surface area (Å²) in [4.78, 5) is 28.2. The van der Waals surface area contributed by atoms with Crippen molar-refractivity contribution in [2.24, 2.45) is 17.8 Å². The summed E-state index contributed by atoms with van der Waals surface area (Å²) in [7, 11) is -3.33. The lowest BCUT2D eigenvalue weighted by Gasteiger charge is -2.35. The topological polar surface area (TPSA) is 117 Å². The molecule has 212 valence electrons. The standard InChI is InChI=1S/C30H34FN3O5S/c1-5-40(37,38)21-10-8-17(9-11-21)18-6-7-19(25(31)13-18)12-20(16-32)33-28(35)27-24-15-26(23-14-22(23)24)34(27)29(36)39-30(2,3)4/h6-11,13,20,22-24,26-27H,5,12,14-15H2,1-4H3,(H,33,35)/t20-,22+,23-,24+,26-,27-/m0/s1. The van der Waals surface area contributed by atoms with Gasteiger partial charge >= 0.3 is 6.09 Å². The zero-order chi connectivity index (χ0) is 29.0. The van der Waals surface area contributed by atoms with Crippen molar-refractivity contribution in [3.63, 3.8) is 0 Å². The summed E-state index contributed by atoms with van der Waals surface area (Å²) in [5.41, 5.74) is 0.785. The van der Waals surface area contributed by atoms with Gasteiger partial charge in [0.25, 0.3) is 0 Å². The number of nitrogens with one attached hydrogen (secondary N) is 1. The molecule has 3 fully saturated rings. The van der Waals surface area contributed by atoms with E-state index in [0.29, 0.717) is 23.0 Å². The van der Waals surface area contributed by atoms with Gasteiger partial charge in [-0.3, -0.25) is 9.69 Å². The Morgan fingerprint density at radius 3 is 2.38 bits per heavy atom. The summed E-state index contributed by atoms with van der Waals surface area (Å²) < 4.78 is 44.8. The summed E-state index contributed by atoms with van der Waals surface area (Å²) in [6.45, 7) is 6.93. The molecule has 0 unspecified atom stereocenters. The van der Waals surface area contributed by atoms with E-state index in [2.05, 4.69) is 11.4 Å². The molecule has 2 aromatic rings. The highest BCUT2D eigenvalue weighted by Gasteiger charge is 2.67. The first kappa shape index (κ1) is 28.1. The van der Waals surface area contributed by atoms with E-state index in [4.69, 9.17) is 4.74 Å². The Kier molecular flexibility index (Phi) is 7.15. The van der Waals surface area contributed by atoms with Crippen LogP contribution in [0.2, 0.25) is 0 Å². The van der Waals surface area contributed by atoms with Crippen LogP contribution in [0.15, 0.2) is 47.4 Å². The normalized spacial score (nSPS) is 25.6. The number of fused-ring (bicyclic) bond motifs is 5. The average molecular weight is 568 g/mol. The molecule has 2 aromatic carbocycles. The number of likely N-dealkylation sites (tertiary alicyclic amines) is 1. The first-order valence-corrected chi connectivity index (χ1v) is 15.3. The Balaban J connectivity index is 1.28. The number of hydrogen-bond donors (Lipinski definition) is 1. The van der Waals surface area contributed by atoms with E-state index >= 15 is 4.39 Å². The van der Waals surface area contributed by atoms with Gasteiger partial charge in [-0.05, 0) is 86.3 Å². The lowest BCUT2D eigenvalue weighted by Crippen LogP contribution is -2.56. The average Bonchev–Trinajstić information content (AvgIpc) is 3.51. The molecule has 0 spiro atoms. The predicted octanol–water partition coefficient (Wildman–Crippen LogP) is 4.48. The van der Waals surface area contributed by atoms with Gasteiger partial charge in [0.2, 0.25) is 5.91 Å². The van der Waals surface area contributed by atoms with E-state index in [0.717, 1.165) is 12.8 Å². The van der Waals surface area contributed by atoms with E-state index in [9.17, 15) is 23.3 Å². The maximum absolute atomic E-state index is 15.1. The number of sulfone groups is 1. The molecule has 3 aliphatic rings. The smallest absolute Gasteiger partial charge is 0.411 e. The summed E-state index contributed by atoms with van der Waals surface area (Å²) >= 11 is 0. The van der Waals surface area contributed by atoms with Crippen molar-refractivity contribution in [3.8, 4) is 17.2 Å². The lowest BCUT2D eigenvalue weighted by molar-refractivity contribution is -0.128. The number of amides is 2. The molecule has 5 rings (SSSR count). The molecular formula is C30H34FN3O5S. The number of carbonyl (C=O) groups is 2. The van der Waals surface area contributed by atoms with Crippen LogP contribution < -0.4 is 5.32 Å². The molecule has 0 radical (unpaired) electrons. The molecule has 2 bridgehead atoms. The molecule has 2 amide bonds. The van der Waals surface area contributed by atoms with Crippen LogP contribution in [-0.2, 0) is 25.8 Å². The first-order valence-electron chi connectivity index (χ1n) is 13.7. The molecule has 2 aliphatic carbocycles. The fourth-order valence-electron chi connectivity index (χ4n) is 6.30. The Bertz CT molecular complexity index is 1480. The fourth-order valence-corrected chi connectivity index (χ4v) is 7.18. The van der Waals surface area contributed by atoms with E-state index in [1.807, 2.05) is 0 Å². The van der Waals surface area contributed by atoms with Crippen molar-refractivity contribution in [3.05, 3.63) is 53.8 Å². The number of nitriles is 1. The predicted molar refractivity (Wildman–Crippen MR) is 146 cm³/mol. The van der Waals surface area contributed by atoms with Gasteiger partial charge < -0.3 is 10.1 Å². The van der Waals surface area contributed by atoms with Crippen LogP contribution in [-0.4, -0.2) is 54.8 Å². The molecule has 0 aromatic heterocycles. The zero-order valence-corrected chi connectivity index (χ0v) is 23.9. The van der Waals surface area contributed by atoms with Crippen LogP contribution in [0.25, 0.3) is 11.1 Å². The van der Waals surface area contributed by atoms with Crippen molar-refractivity contribution in [1.82, 2.24) is 10.2 Å². The van der Waals surface area contributed by atoms with Crippen LogP contribution in [0.1, 0.15) is 46.1 Å². The van der Waals surface area contributed by atoms with Crippen LogP contribution in [0.5, 0.6) is 0 Å². The maximum atomic E-state index is 15.1. The third kappa shape index (κ3) is 5.31. The van der Waals surface area contributed by atoms with Crippen LogP contribution in [0, 0.1) is 34.9 Å². The van der Waals surface area contributed by atoms with Gasteiger partial charge in [-0.2, -0.15) is 5.26 Å². The fraction of sp³-hybridized carbons (Fsp3) is 0.500. The summed E-state index contributed by atoms with van der Waals surface area (Å²) in [6.07, 6.45) is 1.20. The molecule has 8 nitrogen and oxygen atoms in total. The highest BCUT2D eigenvalue weighted by atomic mass is 32.2. The minimum absolute atomic E-state index is 0.00557. The van der Waals surface area contributed by atoms with Gasteiger partial charge in [-0.25, -0.2) is 17.6 Å². The molecule has 1 saturated heterocycles. The number of rotatable bonds is 7. The SMILES string of the molecule is CCS(=O)(=O)c1ccc(-c2ccc(C[C@@H](C#N)NC(=O)[C@@H]3[C@@H]4C[C@@H]([C@H]5C[C@@H]45)N3C(=O)OC(C)(C)C)c(F)c2)cc1. The highest BCUT2D eigenvalue weighted by molar-refractivity contribution is 7.91. The van der Waals surface area contributed by atoms with Crippen molar-refractivity contribution in [2.75, 3.05) is 5.75 Å². The van der Waals surface area contributed by atoms with Crippen LogP contribution in [0.4, 0.5) is 9.18 Å². The van der Waals surface area contributed by atoms with Gasteiger partial charge in [-0.15, -0.1) is 0 Å².